The number of rotatable bonds is 5. The van der Waals surface area contributed by atoms with E-state index in [1.807, 2.05) is 30.3 Å². The zero-order valence-corrected chi connectivity index (χ0v) is 14.3. The van der Waals surface area contributed by atoms with Crippen LogP contribution in [0.5, 0.6) is 0 Å². The van der Waals surface area contributed by atoms with Crippen molar-refractivity contribution < 1.29 is 27.2 Å². The molecule has 1 aromatic rings. The Morgan fingerprint density at radius 3 is 2.29 bits per heavy atom. The van der Waals surface area contributed by atoms with Gasteiger partial charge in [-0.25, -0.2) is 0 Å². The molecule has 6 nitrogen and oxygen atoms in total. The normalized spacial score (nSPS) is 33.2. The van der Waals surface area contributed by atoms with E-state index in [-0.39, 0.29) is 6.42 Å². The van der Waals surface area contributed by atoms with Crippen molar-refractivity contribution in [1.82, 2.24) is 0 Å². The van der Waals surface area contributed by atoms with E-state index in [2.05, 4.69) is 0 Å². The highest BCUT2D eigenvalue weighted by Gasteiger charge is 2.62. The summed E-state index contributed by atoms with van der Waals surface area (Å²) in [6, 6.07) is 9.24. The Hall–Kier alpha value is -0.480. The van der Waals surface area contributed by atoms with Crippen LogP contribution in [0.2, 0.25) is 0 Å². The van der Waals surface area contributed by atoms with E-state index in [1.165, 1.54) is 21.3 Å². The van der Waals surface area contributed by atoms with Gasteiger partial charge < -0.3 is 13.6 Å². The molecular formula is C13H20O6P2. The SMILES string of the molecule is COP(=O)(OC)[C@@]1(C)C[C@H](c2ccccc2)[P@](=O)(OC)O1. The Morgan fingerprint density at radius 2 is 1.81 bits per heavy atom. The van der Waals surface area contributed by atoms with Gasteiger partial charge in [0.2, 0.25) is 0 Å². The summed E-state index contributed by atoms with van der Waals surface area (Å²) in [7, 11) is -3.13. The van der Waals surface area contributed by atoms with E-state index < -0.39 is 26.2 Å². The fourth-order valence-electron chi connectivity index (χ4n) is 2.61. The maximum absolute atomic E-state index is 12.9. The summed E-state index contributed by atoms with van der Waals surface area (Å²) in [5, 5.41) is -1.32. The van der Waals surface area contributed by atoms with Crippen LogP contribution in [-0.4, -0.2) is 26.7 Å². The molecule has 1 aliphatic heterocycles. The molecule has 0 bridgehead atoms. The van der Waals surface area contributed by atoms with Gasteiger partial charge in [0.1, 0.15) is 0 Å². The summed E-state index contributed by atoms with van der Waals surface area (Å²) in [6.45, 7) is 1.58. The molecule has 1 saturated heterocycles. The van der Waals surface area contributed by atoms with Crippen LogP contribution in [0.4, 0.5) is 0 Å². The summed E-state index contributed by atoms with van der Waals surface area (Å²) >= 11 is 0. The van der Waals surface area contributed by atoms with Crippen molar-refractivity contribution in [3.63, 3.8) is 0 Å². The lowest BCUT2D eigenvalue weighted by Gasteiger charge is -2.29. The molecule has 21 heavy (non-hydrogen) atoms. The van der Waals surface area contributed by atoms with Gasteiger partial charge in [0, 0.05) is 27.8 Å². The lowest BCUT2D eigenvalue weighted by Crippen LogP contribution is -2.24. The zero-order valence-electron chi connectivity index (χ0n) is 12.5. The Labute approximate surface area is 124 Å². The van der Waals surface area contributed by atoms with Crippen LogP contribution in [0.25, 0.3) is 0 Å². The van der Waals surface area contributed by atoms with Crippen LogP contribution in [0, 0.1) is 0 Å². The monoisotopic (exact) mass is 334 g/mol. The fourth-order valence-corrected chi connectivity index (χ4v) is 7.01. The Balaban J connectivity index is 2.46. The third-order valence-corrected chi connectivity index (χ3v) is 8.73. The second-order valence-corrected chi connectivity index (χ2v) is 9.90. The minimum Gasteiger partial charge on any atom is -0.311 e. The van der Waals surface area contributed by atoms with Gasteiger partial charge in [0.25, 0.3) is 0 Å². The summed E-state index contributed by atoms with van der Waals surface area (Å²) in [5.74, 6) is 0. The summed E-state index contributed by atoms with van der Waals surface area (Å²) in [5.41, 5.74) is 0.303. The second kappa shape index (κ2) is 5.96. The molecule has 1 aromatic carbocycles. The summed E-state index contributed by atoms with van der Waals surface area (Å²) < 4.78 is 46.5. The van der Waals surface area contributed by atoms with E-state index in [9.17, 15) is 9.13 Å². The molecule has 0 aliphatic carbocycles. The van der Waals surface area contributed by atoms with Crippen molar-refractivity contribution in [2.45, 2.75) is 24.3 Å². The molecule has 0 N–H and O–H groups in total. The first-order valence-corrected chi connectivity index (χ1v) is 9.62. The molecule has 0 saturated carbocycles. The van der Waals surface area contributed by atoms with E-state index in [0.717, 1.165) is 5.56 Å². The van der Waals surface area contributed by atoms with Crippen LogP contribution in [0.15, 0.2) is 30.3 Å². The average Bonchev–Trinajstić information content (AvgIpc) is 2.81. The maximum atomic E-state index is 12.9. The van der Waals surface area contributed by atoms with Gasteiger partial charge >= 0.3 is 15.2 Å². The average molecular weight is 334 g/mol. The third kappa shape index (κ3) is 2.77. The van der Waals surface area contributed by atoms with Crippen LogP contribution >= 0.6 is 15.2 Å². The van der Waals surface area contributed by atoms with Gasteiger partial charge in [-0.2, -0.15) is 0 Å². The highest BCUT2D eigenvalue weighted by atomic mass is 31.2. The molecule has 1 aliphatic rings. The molecular weight excluding hydrogens is 314 g/mol. The minimum atomic E-state index is -3.57. The molecule has 1 heterocycles. The molecule has 0 unspecified atom stereocenters. The van der Waals surface area contributed by atoms with E-state index in [4.69, 9.17) is 18.1 Å². The van der Waals surface area contributed by atoms with Crippen molar-refractivity contribution in [2.75, 3.05) is 21.3 Å². The van der Waals surface area contributed by atoms with Crippen molar-refractivity contribution in [3.05, 3.63) is 35.9 Å². The molecule has 3 atom stereocenters. The lowest BCUT2D eigenvalue weighted by atomic mass is 10.1. The molecule has 118 valence electrons. The molecule has 2 rings (SSSR count). The first-order valence-electron chi connectivity index (χ1n) is 6.47. The van der Waals surface area contributed by atoms with E-state index in [0.29, 0.717) is 0 Å². The zero-order chi connectivity index (χ0) is 15.7. The van der Waals surface area contributed by atoms with Crippen LogP contribution in [-0.2, 0) is 27.2 Å². The van der Waals surface area contributed by atoms with Gasteiger partial charge in [0.05, 0.1) is 5.66 Å². The Kier molecular flexibility index (Phi) is 4.79. The van der Waals surface area contributed by atoms with Crippen LogP contribution < -0.4 is 0 Å². The smallest absolute Gasteiger partial charge is 0.311 e. The summed E-state index contributed by atoms with van der Waals surface area (Å²) in [4.78, 5) is 0. The quantitative estimate of drug-likeness (QED) is 0.752. The molecule has 0 radical (unpaired) electrons. The van der Waals surface area contributed by atoms with E-state index >= 15 is 0 Å². The predicted molar refractivity (Wildman–Crippen MR) is 79.5 cm³/mol. The van der Waals surface area contributed by atoms with Gasteiger partial charge in [-0.15, -0.1) is 0 Å². The molecule has 8 heteroatoms. The first kappa shape index (κ1) is 16.9. The van der Waals surface area contributed by atoms with E-state index in [1.54, 1.807) is 6.92 Å². The Morgan fingerprint density at radius 1 is 1.24 bits per heavy atom. The van der Waals surface area contributed by atoms with Gasteiger partial charge in [-0.1, -0.05) is 30.3 Å². The highest BCUT2D eigenvalue weighted by molar-refractivity contribution is 7.59. The molecule has 0 aromatic heterocycles. The Bertz CT molecular complexity index is 582. The number of benzene rings is 1. The topological polar surface area (TPSA) is 71.1 Å². The molecule has 0 amide bonds. The van der Waals surface area contributed by atoms with Gasteiger partial charge in [0.15, 0.2) is 5.34 Å². The van der Waals surface area contributed by atoms with Crippen LogP contribution in [0.3, 0.4) is 0 Å². The number of hydrogen-bond acceptors (Lipinski definition) is 6. The first-order chi connectivity index (χ1) is 9.84. The van der Waals surface area contributed by atoms with Crippen molar-refractivity contribution in [3.8, 4) is 0 Å². The largest absolute Gasteiger partial charge is 0.361 e. The minimum absolute atomic E-state index is 0.223. The van der Waals surface area contributed by atoms with Crippen molar-refractivity contribution >= 4 is 15.2 Å². The summed E-state index contributed by atoms with van der Waals surface area (Å²) in [6.07, 6.45) is 0.223. The predicted octanol–water partition coefficient (Wildman–Crippen LogP) is 4.19. The second-order valence-electron chi connectivity index (χ2n) is 4.98. The lowest BCUT2D eigenvalue weighted by molar-refractivity contribution is 0.119. The van der Waals surface area contributed by atoms with Crippen molar-refractivity contribution in [2.24, 2.45) is 0 Å². The maximum Gasteiger partial charge on any atom is 0.361 e. The fraction of sp³-hybridized carbons (Fsp3) is 0.538. The van der Waals surface area contributed by atoms with Crippen molar-refractivity contribution in [1.29, 1.82) is 0 Å². The standard InChI is InChI=1S/C13H20O6P2/c1-13(21(15,17-3)18-4)10-12(20(14,16-2)19-13)11-8-6-5-7-9-11/h5-9,12H,10H2,1-4H3/t12-,13+,20+/m1/s1. The third-order valence-electron chi connectivity index (χ3n) is 3.78. The highest BCUT2D eigenvalue weighted by Crippen LogP contribution is 2.79. The molecule has 0 spiro atoms. The van der Waals surface area contributed by atoms with Crippen LogP contribution in [0.1, 0.15) is 24.6 Å². The molecule has 1 fully saturated rings. The number of hydrogen-bond donors (Lipinski definition) is 0. The van der Waals surface area contributed by atoms with Gasteiger partial charge in [-0.3, -0.25) is 13.7 Å². The van der Waals surface area contributed by atoms with Gasteiger partial charge in [-0.05, 0) is 12.5 Å².